The maximum absolute atomic E-state index is 12.1. The molecule has 0 aliphatic carbocycles. The summed E-state index contributed by atoms with van der Waals surface area (Å²) in [6.07, 6.45) is 8.08. The second-order valence-corrected chi connectivity index (χ2v) is 4.68. The topological polar surface area (TPSA) is 62.7 Å². The number of nitrogens with one attached hydrogen (secondary N) is 2. The summed E-state index contributed by atoms with van der Waals surface area (Å²) in [6, 6.07) is 11.5. The lowest BCUT2D eigenvalue weighted by molar-refractivity contribution is 0.0954. The third kappa shape index (κ3) is 3.20. The Hall–Kier alpha value is -2.82. The highest BCUT2D eigenvalue weighted by atomic mass is 16.1. The second kappa shape index (κ2) is 6.09. The van der Waals surface area contributed by atoms with Crippen LogP contribution in [0.25, 0.3) is 5.69 Å². The van der Waals surface area contributed by atoms with Crippen LogP contribution in [0.15, 0.2) is 61.2 Å². The van der Waals surface area contributed by atoms with Gasteiger partial charge in [0.15, 0.2) is 0 Å². The van der Waals surface area contributed by atoms with Gasteiger partial charge >= 0.3 is 0 Å². The number of carbonyl (C=O) groups excluding carboxylic acids is 1. The zero-order valence-corrected chi connectivity index (χ0v) is 11.5. The molecule has 0 atom stereocenters. The fraction of sp³-hybridized carbons (Fsp3) is 0.125. The van der Waals surface area contributed by atoms with Gasteiger partial charge in [0.2, 0.25) is 0 Å². The number of nitrogens with zero attached hydrogens (tertiary/aromatic N) is 2. The molecule has 0 aliphatic rings. The van der Waals surface area contributed by atoms with E-state index in [4.69, 9.17) is 0 Å². The van der Waals surface area contributed by atoms with Gasteiger partial charge in [-0.2, -0.15) is 0 Å². The number of hydrogen-bond acceptors (Lipinski definition) is 2. The Morgan fingerprint density at radius 1 is 1.24 bits per heavy atom. The molecule has 0 saturated carbocycles. The number of aromatic nitrogens is 3. The molecule has 0 unspecified atom stereocenters. The number of amides is 1. The van der Waals surface area contributed by atoms with Gasteiger partial charge in [-0.1, -0.05) is 6.07 Å². The number of aromatic amines is 1. The van der Waals surface area contributed by atoms with E-state index in [1.54, 1.807) is 12.4 Å². The van der Waals surface area contributed by atoms with Crippen LogP contribution in [-0.4, -0.2) is 27.0 Å². The van der Waals surface area contributed by atoms with Crippen LogP contribution in [0, 0.1) is 0 Å². The van der Waals surface area contributed by atoms with Gasteiger partial charge in [-0.05, 0) is 30.3 Å². The number of imidazole rings is 1. The Labute approximate surface area is 122 Å². The summed E-state index contributed by atoms with van der Waals surface area (Å²) in [5.74, 6) is 0.798. The van der Waals surface area contributed by atoms with Crippen molar-refractivity contribution in [1.82, 2.24) is 19.9 Å². The third-order valence-corrected chi connectivity index (χ3v) is 3.21. The fourth-order valence-electron chi connectivity index (χ4n) is 2.15. The van der Waals surface area contributed by atoms with E-state index < -0.39 is 0 Å². The van der Waals surface area contributed by atoms with Gasteiger partial charge in [0.1, 0.15) is 5.82 Å². The van der Waals surface area contributed by atoms with Crippen molar-refractivity contribution in [3.05, 3.63) is 72.6 Å². The zero-order valence-electron chi connectivity index (χ0n) is 11.5. The first-order chi connectivity index (χ1) is 10.3. The van der Waals surface area contributed by atoms with Gasteiger partial charge in [0.05, 0.1) is 0 Å². The Morgan fingerprint density at radius 2 is 2.10 bits per heavy atom. The molecule has 0 radical (unpaired) electrons. The van der Waals surface area contributed by atoms with Gasteiger partial charge in [0.25, 0.3) is 5.91 Å². The lowest BCUT2D eigenvalue weighted by Gasteiger charge is -2.07. The van der Waals surface area contributed by atoms with Crippen molar-refractivity contribution in [3.8, 4) is 5.69 Å². The summed E-state index contributed by atoms with van der Waals surface area (Å²) in [5, 5.41) is 2.90. The largest absolute Gasteiger partial charge is 0.352 e. The number of benzene rings is 1. The fourth-order valence-corrected chi connectivity index (χ4v) is 2.15. The van der Waals surface area contributed by atoms with Crippen molar-refractivity contribution < 1.29 is 4.79 Å². The first kappa shape index (κ1) is 13.2. The van der Waals surface area contributed by atoms with Gasteiger partial charge < -0.3 is 14.9 Å². The molecule has 0 aliphatic heterocycles. The first-order valence-corrected chi connectivity index (χ1v) is 6.83. The maximum Gasteiger partial charge on any atom is 0.251 e. The van der Waals surface area contributed by atoms with Crippen LogP contribution >= 0.6 is 0 Å². The molecule has 5 nitrogen and oxygen atoms in total. The van der Waals surface area contributed by atoms with Crippen molar-refractivity contribution in [1.29, 1.82) is 0 Å². The molecule has 2 N–H and O–H groups in total. The first-order valence-electron chi connectivity index (χ1n) is 6.83. The Kier molecular flexibility index (Phi) is 3.82. The minimum absolute atomic E-state index is 0.0736. The van der Waals surface area contributed by atoms with E-state index in [1.807, 2.05) is 53.4 Å². The van der Waals surface area contributed by atoms with Crippen LogP contribution in [0.1, 0.15) is 16.2 Å². The summed E-state index contributed by atoms with van der Waals surface area (Å²) < 4.78 is 1.97. The predicted octanol–water partition coefficient (Wildman–Crippen LogP) is 2.17. The van der Waals surface area contributed by atoms with Gasteiger partial charge in [-0.3, -0.25) is 4.79 Å². The smallest absolute Gasteiger partial charge is 0.251 e. The molecule has 0 fully saturated rings. The van der Waals surface area contributed by atoms with E-state index in [0.717, 1.165) is 11.5 Å². The Morgan fingerprint density at radius 3 is 2.86 bits per heavy atom. The van der Waals surface area contributed by atoms with E-state index in [0.29, 0.717) is 18.5 Å². The summed E-state index contributed by atoms with van der Waals surface area (Å²) in [7, 11) is 0. The van der Waals surface area contributed by atoms with Crippen molar-refractivity contribution in [3.63, 3.8) is 0 Å². The van der Waals surface area contributed by atoms with Crippen LogP contribution < -0.4 is 5.32 Å². The van der Waals surface area contributed by atoms with E-state index in [9.17, 15) is 4.79 Å². The molecular formula is C16H16N4O. The molecule has 1 aromatic carbocycles. The van der Waals surface area contributed by atoms with E-state index in [1.165, 1.54) is 0 Å². The molecule has 3 rings (SSSR count). The van der Waals surface area contributed by atoms with Crippen molar-refractivity contribution in [2.24, 2.45) is 0 Å². The predicted molar refractivity (Wildman–Crippen MR) is 80.4 cm³/mol. The van der Waals surface area contributed by atoms with Crippen LogP contribution in [0.5, 0.6) is 0 Å². The van der Waals surface area contributed by atoms with Crippen LogP contribution in [-0.2, 0) is 6.42 Å². The van der Waals surface area contributed by atoms with Crippen LogP contribution in [0.3, 0.4) is 0 Å². The van der Waals surface area contributed by atoms with E-state index in [-0.39, 0.29) is 5.91 Å². The molecule has 2 heterocycles. The van der Waals surface area contributed by atoms with Crippen molar-refractivity contribution >= 4 is 5.91 Å². The molecule has 2 aromatic heterocycles. The molecule has 3 aromatic rings. The summed E-state index contributed by atoms with van der Waals surface area (Å²) in [6.45, 7) is 0.556. The molecule has 5 heteroatoms. The molecule has 0 saturated heterocycles. The third-order valence-electron chi connectivity index (χ3n) is 3.21. The number of rotatable bonds is 5. The van der Waals surface area contributed by atoms with Gasteiger partial charge in [-0.25, -0.2) is 4.98 Å². The lowest BCUT2D eigenvalue weighted by Crippen LogP contribution is -2.26. The summed E-state index contributed by atoms with van der Waals surface area (Å²) >= 11 is 0. The highest BCUT2D eigenvalue weighted by Crippen LogP contribution is 2.10. The van der Waals surface area contributed by atoms with E-state index >= 15 is 0 Å². The number of carbonyl (C=O) groups is 1. The van der Waals surface area contributed by atoms with Crippen molar-refractivity contribution in [2.45, 2.75) is 6.42 Å². The second-order valence-electron chi connectivity index (χ2n) is 4.68. The zero-order chi connectivity index (χ0) is 14.5. The van der Waals surface area contributed by atoms with Gasteiger partial charge in [-0.15, -0.1) is 0 Å². The summed E-state index contributed by atoms with van der Waals surface area (Å²) in [4.78, 5) is 19.3. The minimum Gasteiger partial charge on any atom is -0.352 e. The quantitative estimate of drug-likeness (QED) is 0.752. The standard InChI is InChI=1S/C16H16N4O/c21-16(19-7-6-15-17-8-9-18-15)13-4-3-5-14(12-13)20-10-1-2-11-20/h1-5,8-12H,6-7H2,(H,17,18)(H,19,21). The highest BCUT2D eigenvalue weighted by molar-refractivity contribution is 5.94. The van der Waals surface area contributed by atoms with Gasteiger partial charge in [0, 0.05) is 49.0 Å². The number of hydrogen-bond donors (Lipinski definition) is 2. The molecule has 106 valence electrons. The Bertz CT molecular complexity index is 702. The average Bonchev–Trinajstić information content (AvgIpc) is 3.21. The molecule has 1 amide bonds. The molecular weight excluding hydrogens is 264 g/mol. The summed E-state index contributed by atoms with van der Waals surface area (Å²) in [5.41, 5.74) is 1.62. The van der Waals surface area contributed by atoms with Crippen LogP contribution in [0.4, 0.5) is 0 Å². The van der Waals surface area contributed by atoms with Crippen LogP contribution in [0.2, 0.25) is 0 Å². The normalized spacial score (nSPS) is 10.5. The average molecular weight is 280 g/mol. The lowest BCUT2D eigenvalue weighted by atomic mass is 10.2. The van der Waals surface area contributed by atoms with E-state index in [2.05, 4.69) is 15.3 Å². The Balaban J connectivity index is 1.63. The minimum atomic E-state index is -0.0736. The highest BCUT2D eigenvalue weighted by Gasteiger charge is 2.06. The van der Waals surface area contributed by atoms with Crippen molar-refractivity contribution in [2.75, 3.05) is 6.54 Å². The molecule has 21 heavy (non-hydrogen) atoms. The maximum atomic E-state index is 12.1. The molecule has 0 bridgehead atoms. The SMILES string of the molecule is O=C(NCCc1ncc[nH]1)c1cccc(-n2cccc2)c1. The monoisotopic (exact) mass is 280 g/mol. The number of H-pyrrole nitrogens is 1. The molecule has 0 spiro atoms.